The number of alkyl halides is 3. The molecule has 8 heteroatoms. The molecule has 0 heterocycles. The van der Waals surface area contributed by atoms with Gasteiger partial charge in [-0.15, -0.1) is 0 Å². The van der Waals surface area contributed by atoms with E-state index in [1.165, 1.54) is 0 Å². The van der Waals surface area contributed by atoms with E-state index in [-0.39, 0.29) is 4.90 Å². The first-order valence-corrected chi connectivity index (χ1v) is 10.6. The molecule has 0 saturated heterocycles. The van der Waals surface area contributed by atoms with Crippen LogP contribution in [0.2, 0.25) is 0 Å². The fraction of sp³-hybridized carbons (Fsp3) is 0.429. The van der Waals surface area contributed by atoms with E-state index in [2.05, 4.69) is 0 Å². The second-order valence-electron chi connectivity index (χ2n) is 7.48. The highest BCUT2D eigenvalue weighted by molar-refractivity contribution is 7.89. The minimum atomic E-state index is -4.81. The molecule has 0 amide bonds. The molecule has 1 atom stereocenters. The molecule has 1 unspecified atom stereocenters. The van der Waals surface area contributed by atoms with Crippen molar-refractivity contribution >= 4 is 10.0 Å². The van der Waals surface area contributed by atoms with Gasteiger partial charge >= 0.3 is 6.18 Å². The number of sulfonamides is 1. The molecule has 0 saturated carbocycles. The molecule has 0 spiro atoms. The minimum Gasteiger partial charge on any atom is -0.491 e. The van der Waals surface area contributed by atoms with Gasteiger partial charge in [0.25, 0.3) is 0 Å². The molecule has 2 aromatic rings. The Balaban J connectivity index is 2.33. The maximum absolute atomic E-state index is 13.6. The second-order valence-corrected chi connectivity index (χ2v) is 9.13. The first kappa shape index (κ1) is 23.2. The van der Waals surface area contributed by atoms with Gasteiger partial charge in [0.2, 0.25) is 10.0 Å². The lowest BCUT2D eigenvalue weighted by Crippen LogP contribution is -2.49. The second kappa shape index (κ2) is 8.36. The van der Waals surface area contributed by atoms with Crippen molar-refractivity contribution in [3.05, 3.63) is 57.6 Å². The number of hydrogen-bond acceptors (Lipinski definition) is 3. The van der Waals surface area contributed by atoms with Gasteiger partial charge in [-0.25, -0.2) is 8.42 Å². The van der Waals surface area contributed by atoms with Crippen molar-refractivity contribution in [2.45, 2.75) is 58.7 Å². The number of rotatable bonds is 6. The Morgan fingerprint density at radius 3 is 1.69 bits per heavy atom. The standard InChI is InChI=1S/C21H26F3NO3S/c1-12-7-14(3)19(15(4)8-12)28-11-18(21(22,23)24)25-29(26,27)20-16(5)9-13(2)10-17(20)6/h7-10,18,25H,11H2,1-6H3. The summed E-state index contributed by atoms with van der Waals surface area (Å²) in [5.41, 5.74) is 3.96. The van der Waals surface area contributed by atoms with Crippen LogP contribution in [0.3, 0.4) is 0 Å². The van der Waals surface area contributed by atoms with Crippen LogP contribution in [0.15, 0.2) is 29.2 Å². The Hall–Kier alpha value is -2.06. The highest BCUT2D eigenvalue weighted by atomic mass is 32.2. The SMILES string of the molecule is Cc1cc(C)c(OCC(NS(=O)(=O)c2c(C)cc(C)cc2C)C(F)(F)F)c(C)c1. The van der Waals surface area contributed by atoms with Crippen LogP contribution < -0.4 is 9.46 Å². The average molecular weight is 430 g/mol. The van der Waals surface area contributed by atoms with Crippen molar-refractivity contribution in [1.82, 2.24) is 4.72 Å². The molecule has 0 aromatic heterocycles. The van der Waals surface area contributed by atoms with Gasteiger partial charge in [-0.2, -0.15) is 17.9 Å². The third-order valence-corrected chi connectivity index (χ3v) is 6.34. The van der Waals surface area contributed by atoms with Crippen LogP contribution in [0.5, 0.6) is 5.75 Å². The van der Waals surface area contributed by atoms with Crippen molar-refractivity contribution in [2.24, 2.45) is 0 Å². The van der Waals surface area contributed by atoms with Crippen LogP contribution in [0.25, 0.3) is 0 Å². The Labute approximate surface area is 170 Å². The van der Waals surface area contributed by atoms with Crippen molar-refractivity contribution in [1.29, 1.82) is 0 Å². The van der Waals surface area contributed by atoms with E-state index in [0.29, 0.717) is 28.0 Å². The third-order valence-electron chi connectivity index (χ3n) is 4.56. The predicted molar refractivity (Wildman–Crippen MR) is 107 cm³/mol. The zero-order valence-electron chi connectivity index (χ0n) is 17.4. The van der Waals surface area contributed by atoms with Gasteiger partial charge in [0, 0.05) is 0 Å². The smallest absolute Gasteiger partial charge is 0.408 e. The fourth-order valence-corrected chi connectivity index (χ4v) is 5.25. The normalized spacial score (nSPS) is 13.4. The van der Waals surface area contributed by atoms with Gasteiger partial charge in [0.15, 0.2) is 6.04 Å². The van der Waals surface area contributed by atoms with Crippen molar-refractivity contribution in [2.75, 3.05) is 6.61 Å². The molecule has 0 aliphatic rings. The van der Waals surface area contributed by atoms with E-state index in [9.17, 15) is 21.6 Å². The number of aryl methyl sites for hydroxylation is 6. The lowest BCUT2D eigenvalue weighted by Gasteiger charge is -2.24. The van der Waals surface area contributed by atoms with Crippen LogP contribution in [0, 0.1) is 41.5 Å². The Morgan fingerprint density at radius 2 is 1.28 bits per heavy atom. The summed E-state index contributed by atoms with van der Waals surface area (Å²) in [6, 6.07) is 4.47. The summed E-state index contributed by atoms with van der Waals surface area (Å²) >= 11 is 0. The zero-order valence-corrected chi connectivity index (χ0v) is 18.2. The van der Waals surface area contributed by atoms with Crippen LogP contribution in [0.1, 0.15) is 33.4 Å². The topological polar surface area (TPSA) is 55.4 Å². The van der Waals surface area contributed by atoms with Crippen molar-refractivity contribution < 1.29 is 26.3 Å². The maximum Gasteiger partial charge on any atom is 0.408 e. The van der Waals surface area contributed by atoms with E-state index in [1.54, 1.807) is 63.6 Å². The largest absolute Gasteiger partial charge is 0.491 e. The van der Waals surface area contributed by atoms with Gasteiger partial charge in [-0.05, 0) is 63.8 Å². The molecule has 4 nitrogen and oxygen atoms in total. The number of ether oxygens (including phenoxy) is 1. The number of halogens is 3. The predicted octanol–water partition coefficient (Wildman–Crippen LogP) is 4.83. The highest BCUT2D eigenvalue weighted by Gasteiger charge is 2.43. The molecule has 0 radical (unpaired) electrons. The molecule has 1 N–H and O–H groups in total. The monoisotopic (exact) mass is 429 g/mol. The first-order chi connectivity index (χ1) is 13.2. The Bertz CT molecular complexity index is 968. The molecule has 0 aliphatic heterocycles. The summed E-state index contributed by atoms with van der Waals surface area (Å²) < 4.78 is 73.5. The van der Waals surface area contributed by atoms with Crippen LogP contribution in [-0.4, -0.2) is 27.2 Å². The Morgan fingerprint density at radius 1 is 0.862 bits per heavy atom. The lowest BCUT2D eigenvalue weighted by atomic mass is 10.1. The highest BCUT2D eigenvalue weighted by Crippen LogP contribution is 2.29. The molecule has 0 aliphatic carbocycles. The molecule has 0 bridgehead atoms. The molecular formula is C21H26F3NO3S. The van der Waals surface area contributed by atoms with E-state index in [1.807, 2.05) is 6.92 Å². The summed E-state index contributed by atoms with van der Waals surface area (Å²) in [5, 5.41) is 0. The Kier molecular flexibility index (Phi) is 6.69. The van der Waals surface area contributed by atoms with Gasteiger partial charge in [-0.3, -0.25) is 0 Å². The number of hydrogen-bond donors (Lipinski definition) is 1. The van der Waals surface area contributed by atoms with Crippen LogP contribution in [0.4, 0.5) is 13.2 Å². The summed E-state index contributed by atoms with van der Waals surface area (Å²) in [4.78, 5) is -0.139. The minimum absolute atomic E-state index is 0.139. The molecular weight excluding hydrogens is 403 g/mol. The van der Waals surface area contributed by atoms with E-state index < -0.39 is 28.8 Å². The summed E-state index contributed by atoms with van der Waals surface area (Å²) in [6.07, 6.45) is -4.81. The summed E-state index contributed by atoms with van der Waals surface area (Å²) in [6.45, 7) is 9.41. The average Bonchev–Trinajstić information content (AvgIpc) is 2.50. The van der Waals surface area contributed by atoms with Crippen molar-refractivity contribution in [3.8, 4) is 5.75 Å². The lowest BCUT2D eigenvalue weighted by molar-refractivity contribution is -0.157. The maximum atomic E-state index is 13.6. The summed E-state index contributed by atoms with van der Waals surface area (Å²) in [5.74, 6) is 0.326. The van der Waals surface area contributed by atoms with Crippen LogP contribution >= 0.6 is 0 Å². The molecule has 0 fully saturated rings. The summed E-state index contributed by atoms with van der Waals surface area (Å²) in [7, 11) is -4.40. The van der Waals surface area contributed by atoms with E-state index >= 15 is 0 Å². The van der Waals surface area contributed by atoms with Gasteiger partial charge in [-0.1, -0.05) is 35.4 Å². The van der Waals surface area contributed by atoms with Crippen molar-refractivity contribution in [3.63, 3.8) is 0 Å². The van der Waals surface area contributed by atoms with Crippen LogP contribution in [-0.2, 0) is 10.0 Å². The number of benzene rings is 2. The first-order valence-electron chi connectivity index (χ1n) is 9.10. The third kappa shape index (κ3) is 5.51. The molecule has 29 heavy (non-hydrogen) atoms. The molecule has 2 aromatic carbocycles. The van der Waals surface area contributed by atoms with Gasteiger partial charge in [0.1, 0.15) is 12.4 Å². The fourth-order valence-electron chi connectivity index (χ4n) is 3.59. The molecule has 160 valence electrons. The zero-order chi connectivity index (χ0) is 22.1. The quantitative estimate of drug-likeness (QED) is 0.716. The van der Waals surface area contributed by atoms with Gasteiger partial charge in [0.05, 0.1) is 4.90 Å². The number of nitrogens with one attached hydrogen (secondary N) is 1. The molecule has 2 rings (SSSR count). The van der Waals surface area contributed by atoms with E-state index in [4.69, 9.17) is 4.74 Å². The van der Waals surface area contributed by atoms with E-state index in [0.717, 1.165) is 11.1 Å². The van der Waals surface area contributed by atoms with Gasteiger partial charge < -0.3 is 4.74 Å².